The van der Waals surface area contributed by atoms with Crippen molar-refractivity contribution in [2.45, 2.75) is 19.1 Å². The van der Waals surface area contributed by atoms with Crippen LogP contribution >= 0.6 is 11.6 Å². The molecule has 4 N–H and O–H groups in total. The first kappa shape index (κ1) is 18.8. The number of fused-ring (bicyclic) bond motifs is 1. The molecule has 2 atom stereocenters. The number of nitriles is 1. The van der Waals surface area contributed by atoms with Crippen molar-refractivity contribution in [3.8, 4) is 6.07 Å². The Balaban J connectivity index is 1.67. The molecule has 4 rings (SSSR count). The van der Waals surface area contributed by atoms with Crippen molar-refractivity contribution < 1.29 is 19.2 Å². The summed E-state index contributed by atoms with van der Waals surface area (Å²) >= 11 is 6.25. The van der Waals surface area contributed by atoms with Crippen molar-refractivity contribution in [2.24, 2.45) is 11.7 Å². The fourth-order valence-corrected chi connectivity index (χ4v) is 3.83. The lowest BCUT2D eigenvalue weighted by Gasteiger charge is -2.26. The maximum absolute atomic E-state index is 11.9. The molecule has 28 heavy (non-hydrogen) atoms. The molecule has 0 spiro atoms. The van der Waals surface area contributed by atoms with Crippen LogP contribution < -0.4 is 16.5 Å². The fourth-order valence-electron chi connectivity index (χ4n) is 3.50. The largest absolute Gasteiger partial charge is 0.493 e. The predicted molar refractivity (Wildman–Crippen MR) is 101 cm³/mol. The van der Waals surface area contributed by atoms with Gasteiger partial charge in [-0.05, 0) is 24.1 Å². The Hall–Kier alpha value is -2.58. The third-order valence-corrected chi connectivity index (χ3v) is 5.26. The van der Waals surface area contributed by atoms with E-state index >= 15 is 0 Å². The molecule has 9 nitrogen and oxygen atoms in total. The van der Waals surface area contributed by atoms with E-state index in [1.54, 1.807) is 16.8 Å². The summed E-state index contributed by atoms with van der Waals surface area (Å²) in [5.74, 6) is -0.662. The normalized spacial score (nSPS) is 21.2. The number of hydrogen-bond donors (Lipinski definition) is 3. The Bertz CT molecular complexity index is 975. The molecule has 2 aliphatic rings. The number of nitrogens with two attached hydrogens (primary N) is 1. The summed E-state index contributed by atoms with van der Waals surface area (Å²) in [7, 11) is -1.05. The van der Waals surface area contributed by atoms with Crippen molar-refractivity contribution in [1.29, 1.82) is 5.26 Å². The second kappa shape index (κ2) is 7.45. The van der Waals surface area contributed by atoms with Crippen molar-refractivity contribution >= 4 is 41.6 Å². The Morgan fingerprint density at radius 1 is 1.54 bits per heavy atom. The van der Waals surface area contributed by atoms with Gasteiger partial charge in [-0.1, -0.05) is 11.6 Å². The Kier molecular flexibility index (Phi) is 4.99. The maximum Gasteiger partial charge on any atom is 0.493 e. The summed E-state index contributed by atoms with van der Waals surface area (Å²) < 4.78 is 12.2. The van der Waals surface area contributed by atoms with Crippen LogP contribution in [0.5, 0.6) is 0 Å². The number of aromatic nitrogens is 2. The van der Waals surface area contributed by atoms with Crippen LogP contribution in [-0.4, -0.2) is 41.0 Å². The summed E-state index contributed by atoms with van der Waals surface area (Å²) in [4.78, 5) is 11.9. The molecule has 3 heterocycles. The van der Waals surface area contributed by atoms with Gasteiger partial charge < -0.3 is 25.5 Å². The molecule has 0 aliphatic carbocycles. The van der Waals surface area contributed by atoms with Crippen LogP contribution in [0.4, 0.5) is 11.5 Å². The first-order valence-electron chi connectivity index (χ1n) is 8.73. The number of carbonyl (C=O) groups excluding carboxylic acids is 1. The molecule has 0 saturated carbocycles. The highest BCUT2D eigenvalue weighted by atomic mass is 35.5. The molecule has 1 fully saturated rings. The first-order chi connectivity index (χ1) is 13.5. The van der Waals surface area contributed by atoms with E-state index in [1.807, 2.05) is 0 Å². The smallest absolute Gasteiger partial charge is 0.423 e. The topological polar surface area (TPSA) is 135 Å². The molecule has 1 saturated heterocycles. The molecule has 0 bridgehead atoms. The summed E-state index contributed by atoms with van der Waals surface area (Å²) in [6, 6.07) is 5.34. The van der Waals surface area contributed by atoms with E-state index in [2.05, 4.69) is 16.5 Å². The number of hydrogen-bond acceptors (Lipinski definition) is 7. The van der Waals surface area contributed by atoms with Gasteiger partial charge in [0.1, 0.15) is 5.56 Å². The van der Waals surface area contributed by atoms with E-state index in [9.17, 15) is 15.1 Å². The van der Waals surface area contributed by atoms with Gasteiger partial charge >= 0.3 is 7.12 Å². The maximum atomic E-state index is 11.9. The van der Waals surface area contributed by atoms with Crippen LogP contribution in [0.1, 0.15) is 28.4 Å². The summed E-state index contributed by atoms with van der Waals surface area (Å²) in [5.41, 5.74) is 7.55. The van der Waals surface area contributed by atoms with E-state index in [4.69, 9.17) is 26.7 Å². The van der Waals surface area contributed by atoms with Crippen LogP contribution in [0.2, 0.25) is 5.02 Å². The lowest BCUT2D eigenvalue weighted by Crippen LogP contribution is -2.29. The third kappa shape index (κ3) is 3.34. The average Bonchev–Trinajstić information content (AvgIpc) is 3.26. The molecule has 0 radical (unpaired) electrons. The van der Waals surface area contributed by atoms with Crippen molar-refractivity contribution in [2.75, 3.05) is 18.5 Å². The van der Waals surface area contributed by atoms with E-state index in [1.165, 1.54) is 6.20 Å². The van der Waals surface area contributed by atoms with Crippen molar-refractivity contribution in [3.63, 3.8) is 0 Å². The Labute approximate surface area is 166 Å². The van der Waals surface area contributed by atoms with Gasteiger partial charge in [0, 0.05) is 29.0 Å². The second-order valence-electron chi connectivity index (χ2n) is 6.72. The Morgan fingerprint density at radius 2 is 2.36 bits per heavy atom. The number of carbonyl (C=O) groups is 1. The van der Waals surface area contributed by atoms with Crippen molar-refractivity contribution in [3.05, 3.63) is 34.5 Å². The highest BCUT2D eigenvalue weighted by Crippen LogP contribution is 2.30. The molecule has 144 valence electrons. The van der Waals surface area contributed by atoms with Crippen LogP contribution in [0.15, 0.2) is 18.3 Å². The number of primary amides is 1. The van der Waals surface area contributed by atoms with Gasteiger partial charge in [-0.25, -0.2) is 0 Å². The number of nitrogens with one attached hydrogen (secondary N) is 1. The molecule has 2 aromatic rings. The first-order valence-corrected chi connectivity index (χ1v) is 9.11. The Morgan fingerprint density at radius 3 is 3.11 bits per heavy atom. The monoisotopic (exact) mass is 401 g/mol. The highest BCUT2D eigenvalue weighted by Gasteiger charge is 2.32. The molecule has 1 aromatic heterocycles. The minimum Gasteiger partial charge on any atom is -0.423 e. The number of nitrogens with zero attached hydrogens (tertiary/aromatic N) is 3. The number of amides is 1. The van der Waals surface area contributed by atoms with Gasteiger partial charge in [0.15, 0.2) is 5.82 Å². The minimum atomic E-state index is -1.05. The number of halogens is 1. The van der Waals surface area contributed by atoms with Gasteiger partial charge in [0.25, 0.3) is 5.91 Å². The van der Waals surface area contributed by atoms with Gasteiger partial charge in [-0.3, -0.25) is 9.48 Å². The van der Waals surface area contributed by atoms with Gasteiger partial charge in [0.2, 0.25) is 0 Å². The zero-order chi connectivity index (χ0) is 19.8. The SMILES string of the molecule is N#CC1CCOCC1n1cc(C(N)=O)c(Nc2cc(Cl)c3c(c2)COB3O)n1. The highest BCUT2D eigenvalue weighted by molar-refractivity contribution is 6.65. The molecule has 2 unspecified atom stereocenters. The molecular weight excluding hydrogens is 384 g/mol. The zero-order valence-electron chi connectivity index (χ0n) is 14.8. The van der Waals surface area contributed by atoms with Gasteiger partial charge in [-0.15, -0.1) is 0 Å². The van der Waals surface area contributed by atoms with Crippen LogP contribution in [-0.2, 0) is 16.0 Å². The number of rotatable bonds is 4. The average molecular weight is 402 g/mol. The van der Waals surface area contributed by atoms with Crippen LogP contribution in [0.25, 0.3) is 0 Å². The number of ether oxygens (including phenoxy) is 1. The van der Waals surface area contributed by atoms with Crippen LogP contribution in [0, 0.1) is 17.2 Å². The van der Waals surface area contributed by atoms with E-state index in [0.717, 1.165) is 5.56 Å². The third-order valence-electron chi connectivity index (χ3n) is 4.95. The van der Waals surface area contributed by atoms with Gasteiger partial charge in [-0.2, -0.15) is 10.4 Å². The molecule has 1 aromatic carbocycles. The lowest BCUT2D eigenvalue weighted by molar-refractivity contribution is 0.0342. The lowest BCUT2D eigenvalue weighted by atomic mass is 9.79. The fraction of sp³-hybridized carbons (Fsp3) is 0.353. The summed E-state index contributed by atoms with van der Waals surface area (Å²) in [6.45, 7) is 1.08. The summed E-state index contributed by atoms with van der Waals surface area (Å²) in [6.07, 6.45) is 2.12. The molecule has 2 aliphatic heterocycles. The molecular formula is C17H17BClN5O4. The zero-order valence-corrected chi connectivity index (χ0v) is 15.5. The minimum absolute atomic E-state index is 0.190. The standard InChI is InChI=1S/C17H17BClN5O4/c19-13-4-11(3-10-7-28-18(26)15(10)13)22-17-12(16(21)25)6-24(23-17)14-8-27-2-1-9(14)5-20/h3-4,6,9,14,26H,1-2,7-8H2,(H2,21,25)(H,22,23). The number of anilines is 2. The molecule has 11 heteroatoms. The molecule has 1 amide bonds. The summed E-state index contributed by atoms with van der Waals surface area (Å²) in [5, 5.41) is 27.0. The van der Waals surface area contributed by atoms with Gasteiger partial charge in [0.05, 0.1) is 31.2 Å². The predicted octanol–water partition coefficient (Wildman–Crippen LogP) is 0.698. The van der Waals surface area contributed by atoms with Crippen LogP contribution in [0.3, 0.4) is 0 Å². The quantitative estimate of drug-likeness (QED) is 0.642. The van der Waals surface area contributed by atoms with E-state index in [0.29, 0.717) is 35.8 Å². The van der Waals surface area contributed by atoms with E-state index < -0.39 is 13.0 Å². The van der Waals surface area contributed by atoms with Crippen molar-refractivity contribution in [1.82, 2.24) is 9.78 Å². The second-order valence-corrected chi connectivity index (χ2v) is 7.13. The number of benzene rings is 1. The van der Waals surface area contributed by atoms with E-state index in [-0.39, 0.29) is 29.9 Å².